The van der Waals surface area contributed by atoms with Crippen LogP contribution in [0, 0.1) is 0 Å². The second-order valence-electron chi connectivity index (χ2n) is 6.52. The van der Waals surface area contributed by atoms with E-state index in [2.05, 4.69) is 0 Å². The van der Waals surface area contributed by atoms with Crippen molar-refractivity contribution in [1.82, 2.24) is 4.90 Å². The molecule has 1 aliphatic rings. The third-order valence-corrected chi connectivity index (χ3v) is 4.83. The average molecular weight is 354 g/mol. The van der Waals surface area contributed by atoms with Crippen molar-refractivity contribution in [3.05, 3.63) is 65.2 Å². The average Bonchev–Trinajstić information content (AvgIpc) is 2.72. The van der Waals surface area contributed by atoms with Crippen LogP contribution in [0.15, 0.2) is 48.5 Å². The van der Waals surface area contributed by atoms with Crippen LogP contribution in [0.5, 0.6) is 5.75 Å². The minimum atomic E-state index is 0.0803. The van der Waals surface area contributed by atoms with Crippen molar-refractivity contribution in [3.8, 4) is 5.75 Å². The molecular formula is C21H26N2O3. The van der Waals surface area contributed by atoms with Crippen LogP contribution in [0.1, 0.15) is 34.3 Å². The van der Waals surface area contributed by atoms with Crippen molar-refractivity contribution in [2.24, 2.45) is 5.73 Å². The molecular weight excluding hydrogens is 328 g/mol. The van der Waals surface area contributed by atoms with Crippen molar-refractivity contribution in [1.29, 1.82) is 0 Å². The number of nitrogens with zero attached hydrogens (tertiary/aromatic N) is 1. The Bertz CT molecular complexity index is 722. The number of carbonyl (C=O) groups excluding carboxylic acids is 1. The molecule has 3 rings (SSSR count). The van der Waals surface area contributed by atoms with Crippen LogP contribution in [0.3, 0.4) is 0 Å². The van der Waals surface area contributed by atoms with E-state index in [-0.39, 0.29) is 12.0 Å². The normalized spacial score (nSPS) is 15.1. The maximum atomic E-state index is 12.6. The highest BCUT2D eigenvalue weighted by Crippen LogP contribution is 2.22. The maximum absolute atomic E-state index is 12.6. The summed E-state index contributed by atoms with van der Waals surface area (Å²) in [4.78, 5) is 14.5. The van der Waals surface area contributed by atoms with Crippen LogP contribution in [0.25, 0.3) is 0 Å². The smallest absolute Gasteiger partial charge is 0.253 e. The van der Waals surface area contributed by atoms with Crippen LogP contribution in [-0.4, -0.2) is 37.1 Å². The summed E-state index contributed by atoms with van der Waals surface area (Å²) < 4.78 is 11.4. The van der Waals surface area contributed by atoms with Crippen molar-refractivity contribution >= 4 is 5.91 Å². The lowest BCUT2D eigenvalue weighted by molar-refractivity contribution is -0.000960. The summed E-state index contributed by atoms with van der Waals surface area (Å²) >= 11 is 0. The first kappa shape index (κ1) is 18.4. The molecule has 2 aromatic carbocycles. The maximum Gasteiger partial charge on any atom is 0.253 e. The fraction of sp³-hybridized carbons (Fsp3) is 0.381. The molecule has 0 spiro atoms. The Morgan fingerprint density at radius 3 is 2.46 bits per heavy atom. The third kappa shape index (κ3) is 4.42. The minimum absolute atomic E-state index is 0.0803. The van der Waals surface area contributed by atoms with Crippen LogP contribution >= 0.6 is 0 Å². The van der Waals surface area contributed by atoms with Gasteiger partial charge in [0.15, 0.2) is 0 Å². The van der Waals surface area contributed by atoms with Crippen molar-refractivity contribution in [2.45, 2.75) is 32.1 Å². The van der Waals surface area contributed by atoms with Gasteiger partial charge in [-0.3, -0.25) is 4.79 Å². The van der Waals surface area contributed by atoms with Crippen molar-refractivity contribution in [3.63, 3.8) is 0 Å². The fourth-order valence-electron chi connectivity index (χ4n) is 3.22. The Morgan fingerprint density at radius 2 is 1.81 bits per heavy atom. The Labute approximate surface area is 154 Å². The lowest BCUT2D eigenvalue weighted by atomic mass is 10.1. The van der Waals surface area contributed by atoms with E-state index in [0.717, 1.165) is 35.3 Å². The second kappa shape index (κ2) is 8.83. The molecule has 138 valence electrons. The molecule has 5 heteroatoms. The summed E-state index contributed by atoms with van der Waals surface area (Å²) in [6, 6.07) is 15.4. The number of amides is 1. The van der Waals surface area contributed by atoms with E-state index in [4.69, 9.17) is 15.2 Å². The second-order valence-corrected chi connectivity index (χ2v) is 6.52. The Balaban J connectivity index is 1.49. The van der Waals surface area contributed by atoms with Gasteiger partial charge in [-0.1, -0.05) is 30.3 Å². The topological polar surface area (TPSA) is 64.8 Å². The zero-order chi connectivity index (χ0) is 18.4. The fourth-order valence-corrected chi connectivity index (χ4v) is 3.22. The van der Waals surface area contributed by atoms with E-state index in [1.54, 1.807) is 7.11 Å². The molecule has 26 heavy (non-hydrogen) atoms. The number of rotatable bonds is 6. The first-order chi connectivity index (χ1) is 12.7. The molecule has 0 aliphatic carbocycles. The highest BCUT2D eigenvalue weighted by molar-refractivity contribution is 5.94. The molecule has 0 saturated carbocycles. The van der Waals surface area contributed by atoms with Gasteiger partial charge >= 0.3 is 0 Å². The highest BCUT2D eigenvalue weighted by Gasteiger charge is 2.24. The predicted molar refractivity (Wildman–Crippen MR) is 101 cm³/mol. The van der Waals surface area contributed by atoms with Gasteiger partial charge in [-0.15, -0.1) is 0 Å². The van der Waals surface area contributed by atoms with Gasteiger partial charge in [0.05, 0.1) is 19.8 Å². The summed E-state index contributed by atoms with van der Waals surface area (Å²) in [7, 11) is 1.67. The zero-order valence-corrected chi connectivity index (χ0v) is 15.2. The van der Waals surface area contributed by atoms with Gasteiger partial charge in [0.2, 0.25) is 0 Å². The van der Waals surface area contributed by atoms with E-state index < -0.39 is 0 Å². The molecule has 0 bridgehead atoms. The molecule has 0 aromatic heterocycles. The molecule has 1 heterocycles. The van der Waals surface area contributed by atoms with E-state index in [1.165, 1.54) is 0 Å². The van der Waals surface area contributed by atoms with E-state index >= 15 is 0 Å². The number of benzene rings is 2. The molecule has 5 nitrogen and oxygen atoms in total. The SMILES string of the molecule is COc1ccccc1COC1CCN(C(=O)c2ccc(CN)cc2)CC1. The first-order valence-corrected chi connectivity index (χ1v) is 9.03. The summed E-state index contributed by atoms with van der Waals surface area (Å²) in [5, 5.41) is 0. The number of hydrogen-bond donors (Lipinski definition) is 1. The van der Waals surface area contributed by atoms with Gasteiger partial charge in [0.1, 0.15) is 5.75 Å². The number of para-hydroxylation sites is 1. The quantitative estimate of drug-likeness (QED) is 0.866. The standard InChI is InChI=1S/C21H26N2O3/c1-25-20-5-3-2-4-18(20)15-26-19-10-12-23(13-11-19)21(24)17-8-6-16(14-22)7-9-17/h2-9,19H,10-15,22H2,1H3. The number of likely N-dealkylation sites (tertiary alicyclic amines) is 1. The van der Waals surface area contributed by atoms with Crippen LogP contribution in [-0.2, 0) is 17.9 Å². The van der Waals surface area contributed by atoms with Gasteiger partial charge in [0, 0.05) is 30.8 Å². The molecule has 1 saturated heterocycles. The van der Waals surface area contributed by atoms with Crippen LogP contribution in [0.4, 0.5) is 0 Å². The van der Waals surface area contributed by atoms with Crippen molar-refractivity contribution < 1.29 is 14.3 Å². The van der Waals surface area contributed by atoms with Gasteiger partial charge in [-0.2, -0.15) is 0 Å². The molecule has 0 atom stereocenters. The number of carbonyl (C=O) groups is 1. The van der Waals surface area contributed by atoms with E-state index in [1.807, 2.05) is 53.4 Å². The number of nitrogens with two attached hydrogens (primary N) is 1. The van der Waals surface area contributed by atoms with Gasteiger partial charge in [0.25, 0.3) is 5.91 Å². The van der Waals surface area contributed by atoms with E-state index in [0.29, 0.717) is 26.2 Å². The number of methoxy groups -OCH3 is 1. The largest absolute Gasteiger partial charge is 0.496 e. The first-order valence-electron chi connectivity index (χ1n) is 9.03. The summed E-state index contributed by atoms with van der Waals surface area (Å²) in [6.45, 7) is 2.45. The number of hydrogen-bond acceptors (Lipinski definition) is 4. The van der Waals surface area contributed by atoms with E-state index in [9.17, 15) is 4.79 Å². The molecule has 1 amide bonds. The molecule has 2 N–H and O–H groups in total. The Kier molecular flexibility index (Phi) is 6.26. The van der Waals surface area contributed by atoms with Gasteiger partial charge in [-0.05, 0) is 36.6 Å². The molecule has 0 radical (unpaired) electrons. The number of piperidine rings is 1. The summed E-state index contributed by atoms with van der Waals surface area (Å²) in [5.41, 5.74) is 8.41. The third-order valence-electron chi connectivity index (χ3n) is 4.83. The van der Waals surface area contributed by atoms with Crippen LogP contribution in [0.2, 0.25) is 0 Å². The van der Waals surface area contributed by atoms with Gasteiger partial charge < -0.3 is 20.1 Å². The van der Waals surface area contributed by atoms with Gasteiger partial charge in [-0.25, -0.2) is 0 Å². The lowest BCUT2D eigenvalue weighted by Gasteiger charge is -2.32. The minimum Gasteiger partial charge on any atom is -0.496 e. The zero-order valence-electron chi connectivity index (χ0n) is 15.2. The molecule has 1 fully saturated rings. The Hall–Kier alpha value is -2.37. The summed E-state index contributed by atoms with van der Waals surface area (Å²) in [6.07, 6.45) is 1.87. The summed E-state index contributed by atoms with van der Waals surface area (Å²) in [5.74, 6) is 0.929. The highest BCUT2D eigenvalue weighted by atomic mass is 16.5. The Morgan fingerprint density at radius 1 is 1.12 bits per heavy atom. The van der Waals surface area contributed by atoms with Crippen molar-refractivity contribution in [2.75, 3.05) is 20.2 Å². The van der Waals surface area contributed by atoms with Crippen LogP contribution < -0.4 is 10.5 Å². The molecule has 2 aromatic rings. The monoisotopic (exact) mass is 354 g/mol. The lowest BCUT2D eigenvalue weighted by Crippen LogP contribution is -2.40. The number of ether oxygens (including phenoxy) is 2. The predicted octanol–water partition coefficient (Wildman–Crippen LogP) is 2.98. The molecule has 0 unspecified atom stereocenters. The molecule has 1 aliphatic heterocycles.